The number of hydrogen-bond acceptors (Lipinski definition) is 5. The average Bonchev–Trinajstić information content (AvgIpc) is 3.29. The molecule has 1 N–H and O–H groups in total. The Hall–Kier alpha value is -3.91. The van der Waals surface area contributed by atoms with Crippen LogP contribution >= 0.6 is 34.5 Å². The van der Waals surface area contributed by atoms with Gasteiger partial charge >= 0.3 is 5.97 Å². The summed E-state index contributed by atoms with van der Waals surface area (Å²) in [5, 5.41) is 15.6. The van der Waals surface area contributed by atoms with Gasteiger partial charge in [0.1, 0.15) is 16.5 Å². The average molecular weight is 548 g/mol. The molecular weight excluding hydrogens is 529 g/mol. The Morgan fingerprint density at radius 2 is 1.65 bits per heavy atom. The van der Waals surface area contributed by atoms with E-state index in [1.165, 1.54) is 11.3 Å². The van der Waals surface area contributed by atoms with Crippen LogP contribution in [0, 0.1) is 0 Å². The number of rotatable bonds is 7. The van der Waals surface area contributed by atoms with Crippen molar-refractivity contribution in [1.29, 1.82) is 0 Å². The van der Waals surface area contributed by atoms with Crippen LogP contribution in [0.3, 0.4) is 0 Å². The van der Waals surface area contributed by atoms with Gasteiger partial charge in [0.15, 0.2) is 0 Å². The molecule has 0 bridgehead atoms. The number of aromatic carboxylic acids is 1. The van der Waals surface area contributed by atoms with Crippen LogP contribution in [0.5, 0.6) is 11.5 Å². The highest BCUT2D eigenvalue weighted by molar-refractivity contribution is 7.12. The minimum absolute atomic E-state index is 0.226. The van der Waals surface area contributed by atoms with E-state index in [0.717, 1.165) is 21.9 Å². The molecule has 9 heteroatoms. The van der Waals surface area contributed by atoms with Gasteiger partial charge < -0.3 is 9.84 Å². The molecule has 0 radical (unpaired) electrons. The second kappa shape index (κ2) is 11.0. The second-order valence-corrected chi connectivity index (χ2v) is 9.77. The van der Waals surface area contributed by atoms with E-state index >= 15 is 0 Å². The molecule has 0 spiro atoms. The zero-order chi connectivity index (χ0) is 25.8. The maximum atomic E-state index is 11.2. The highest BCUT2D eigenvalue weighted by Crippen LogP contribution is 2.29. The first-order valence-corrected chi connectivity index (χ1v) is 12.8. The third kappa shape index (κ3) is 6.09. The number of halogens is 2. The maximum Gasteiger partial charge on any atom is 0.335 e. The maximum absolute atomic E-state index is 11.2. The molecule has 5 rings (SSSR count). The molecule has 37 heavy (non-hydrogen) atoms. The zero-order valence-corrected chi connectivity index (χ0v) is 21.5. The van der Waals surface area contributed by atoms with E-state index in [1.807, 2.05) is 54.6 Å². The molecule has 0 aliphatic heterocycles. The molecule has 5 aromatic rings. The number of benzene rings is 4. The summed E-state index contributed by atoms with van der Waals surface area (Å²) >= 11 is 13.7. The van der Waals surface area contributed by atoms with Gasteiger partial charge in [-0.15, -0.1) is 0 Å². The molecule has 0 saturated heterocycles. The van der Waals surface area contributed by atoms with Crippen LogP contribution in [-0.4, -0.2) is 20.9 Å². The van der Waals surface area contributed by atoms with Gasteiger partial charge in [-0.3, -0.25) is 0 Å². The number of carboxylic acids is 1. The number of aromatic nitrogens is 2. The normalized spacial score (nSPS) is 11.5. The van der Waals surface area contributed by atoms with E-state index in [-0.39, 0.29) is 5.56 Å². The van der Waals surface area contributed by atoms with Crippen molar-refractivity contribution in [3.05, 3.63) is 123 Å². The largest absolute Gasteiger partial charge is 0.478 e. The first-order chi connectivity index (χ1) is 17.9. The third-order valence-corrected chi connectivity index (χ3v) is 7.08. The summed E-state index contributed by atoms with van der Waals surface area (Å²) in [5.41, 5.74) is 2.63. The number of ether oxygens (including phenoxy) is 1. The van der Waals surface area contributed by atoms with Crippen molar-refractivity contribution in [2.45, 2.75) is 6.54 Å². The fourth-order valence-electron chi connectivity index (χ4n) is 3.52. The lowest BCUT2D eigenvalue weighted by Gasteiger charge is -2.06. The van der Waals surface area contributed by atoms with Crippen LogP contribution in [0.2, 0.25) is 10.0 Å². The Labute approximate surface area is 226 Å². The number of hydrogen-bond donors (Lipinski definition) is 1. The van der Waals surface area contributed by atoms with Crippen LogP contribution in [0.15, 0.2) is 102 Å². The monoisotopic (exact) mass is 547 g/mol. The topological polar surface area (TPSA) is 76.7 Å². The molecular formula is C28H19Cl2N3O3S. The van der Waals surface area contributed by atoms with Crippen molar-refractivity contribution < 1.29 is 14.6 Å². The molecule has 4 aromatic carbocycles. The molecule has 0 fully saturated rings. The smallest absolute Gasteiger partial charge is 0.335 e. The number of carbonyl (C=O) groups is 1. The summed E-state index contributed by atoms with van der Waals surface area (Å²) < 4.78 is 7.78. The summed E-state index contributed by atoms with van der Waals surface area (Å²) in [5.74, 6) is 0.467. The summed E-state index contributed by atoms with van der Waals surface area (Å²) in [4.78, 5) is 16.6. The van der Waals surface area contributed by atoms with E-state index in [1.54, 1.807) is 47.1 Å². The predicted octanol–water partition coefficient (Wildman–Crippen LogP) is 7.69. The van der Waals surface area contributed by atoms with Crippen molar-refractivity contribution >= 4 is 46.2 Å². The third-order valence-electron chi connectivity index (χ3n) is 5.34. The first kappa shape index (κ1) is 24.8. The molecule has 0 aliphatic rings. The van der Waals surface area contributed by atoms with Crippen LogP contribution in [-0.2, 0) is 6.54 Å². The summed E-state index contributed by atoms with van der Waals surface area (Å²) in [6, 6.07) is 29.1. The standard InChI is InChI=1S/C28H19Cl2N3O3S/c29-24-14-13-21(16-25(24)30)31-28-33(17-18-9-11-19(12-10-18)27(34)35)32-26(37-28)20-5-4-8-23(15-20)36-22-6-2-1-3-7-22/h1-16H,17H2,(H,34,35). The molecule has 0 aliphatic carbocycles. The minimum atomic E-state index is -0.969. The lowest BCUT2D eigenvalue weighted by Crippen LogP contribution is -2.17. The SMILES string of the molecule is O=C(O)c1ccc(Cn2nc(-c3cccc(Oc4ccccc4)c3)sc2=Nc2ccc(Cl)c(Cl)c2)cc1. The van der Waals surface area contributed by atoms with Crippen LogP contribution in [0.1, 0.15) is 15.9 Å². The Morgan fingerprint density at radius 3 is 2.38 bits per heavy atom. The van der Waals surface area contributed by atoms with Gasteiger partial charge in [0, 0.05) is 5.56 Å². The number of nitrogens with zero attached hydrogens (tertiary/aromatic N) is 3. The molecule has 1 heterocycles. The molecule has 0 unspecified atom stereocenters. The molecule has 0 atom stereocenters. The van der Waals surface area contributed by atoms with E-state index < -0.39 is 5.97 Å². The van der Waals surface area contributed by atoms with E-state index in [0.29, 0.717) is 32.8 Å². The highest BCUT2D eigenvalue weighted by atomic mass is 35.5. The second-order valence-electron chi connectivity index (χ2n) is 8.00. The van der Waals surface area contributed by atoms with E-state index in [4.69, 9.17) is 38.0 Å². The van der Waals surface area contributed by atoms with Crippen molar-refractivity contribution in [1.82, 2.24) is 9.78 Å². The van der Waals surface area contributed by atoms with Crippen LogP contribution < -0.4 is 9.54 Å². The minimum Gasteiger partial charge on any atom is -0.478 e. The Kier molecular flexibility index (Phi) is 7.37. The van der Waals surface area contributed by atoms with Crippen molar-refractivity contribution in [3.8, 4) is 22.1 Å². The summed E-state index contributed by atoms with van der Waals surface area (Å²) in [6.45, 7) is 0.400. The number of carboxylic acid groups (broad SMARTS) is 1. The number of para-hydroxylation sites is 1. The quantitative estimate of drug-likeness (QED) is 0.226. The van der Waals surface area contributed by atoms with Crippen molar-refractivity contribution in [2.24, 2.45) is 4.99 Å². The van der Waals surface area contributed by atoms with Crippen LogP contribution in [0.25, 0.3) is 10.6 Å². The molecule has 0 amide bonds. The van der Waals surface area contributed by atoms with Gasteiger partial charge in [0.2, 0.25) is 4.80 Å². The molecule has 6 nitrogen and oxygen atoms in total. The van der Waals surface area contributed by atoms with Gasteiger partial charge in [-0.2, -0.15) is 5.10 Å². The van der Waals surface area contributed by atoms with Gasteiger partial charge in [-0.05, 0) is 60.2 Å². The van der Waals surface area contributed by atoms with Crippen molar-refractivity contribution in [2.75, 3.05) is 0 Å². The molecule has 184 valence electrons. The predicted molar refractivity (Wildman–Crippen MR) is 146 cm³/mol. The zero-order valence-electron chi connectivity index (χ0n) is 19.2. The molecule has 1 aromatic heterocycles. The van der Waals surface area contributed by atoms with E-state index in [2.05, 4.69) is 0 Å². The van der Waals surface area contributed by atoms with Gasteiger partial charge in [-0.25, -0.2) is 14.5 Å². The van der Waals surface area contributed by atoms with Gasteiger partial charge in [0.25, 0.3) is 0 Å². The van der Waals surface area contributed by atoms with Crippen LogP contribution in [0.4, 0.5) is 5.69 Å². The Balaban J connectivity index is 1.53. The fraction of sp³-hybridized carbons (Fsp3) is 0.0357. The van der Waals surface area contributed by atoms with Crippen molar-refractivity contribution in [3.63, 3.8) is 0 Å². The van der Waals surface area contributed by atoms with E-state index in [9.17, 15) is 9.90 Å². The lowest BCUT2D eigenvalue weighted by atomic mass is 10.1. The first-order valence-electron chi connectivity index (χ1n) is 11.2. The molecule has 0 saturated carbocycles. The summed E-state index contributed by atoms with van der Waals surface area (Å²) in [7, 11) is 0. The Bertz CT molecular complexity index is 1630. The van der Waals surface area contributed by atoms with Gasteiger partial charge in [-0.1, -0.05) is 77.0 Å². The lowest BCUT2D eigenvalue weighted by molar-refractivity contribution is 0.0697. The fourth-order valence-corrected chi connectivity index (χ4v) is 4.73. The van der Waals surface area contributed by atoms with Gasteiger partial charge in [0.05, 0.1) is 27.8 Å². The Morgan fingerprint density at radius 1 is 0.892 bits per heavy atom. The summed E-state index contributed by atoms with van der Waals surface area (Å²) in [6.07, 6.45) is 0. The highest BCUT2D eigenvalue weighted by Gasteiger charge is 2.11.